The fourth-order valence-corrected chi connectivity index (χ4v) is 0.310. The first kappa shape index (κ1) is 8.08. The maximum absolute atomic E-state index is 3.85. The highest BCUT2D eigenvalue weighted by Gasteiger charge is 1.60. The Bertz CT molecular complexity index is 123. The molecule has 0 aromatic rings. The van der Waals surface area contributed by atoms with E-state index in [9.17, 15) is 0 Å². The van der Waals surface area contributed by atoms with Gasteiger partial charge in [-0.2, -0.15) is 0 Å². The second kappa shape index (κ2) is 7.08. The van der Waals surface area contributed by atoms with Crippen LogP contribution in [0.25, 0.3) is 0 Å². The second-order valence-electron chi connectivity index (χ2n) is 1.46. The Balaban J connectivity index is 3.35. The molecule has 50 valence electrons. The van der Waals surface area contributed by atoms with E-state index in [1.54, 1.807) is 12.4 Å². The number of hydrogen-bond acceptors (Lipinski definition) is 1. The molecule has 0 radical (unpaired) electrons. The summed E-state index contributed by atoms with van der Waals surface area (Å²) in [6.07, 6.45) is 7.96. The van der Waals surface area contributed by atoms with Crippen LogP contribution in [-0.2, 0) is 0 Å². The Kier molecular flexibility index (Phi) is 6.36. The lowest BCUT2D eigenvalue weighted by Crippen LogP contribution is -1.63. The van der Waals surface area contributed by atoms with Crippen molar-refractivity contribution in [3.05, 3.63) is 12.3 Å². The van der Waals surface area contributed by atoms with Crippen LogP contribution in [-0.4, -0.2) is 12.6 Å². The molecular formula is C7H12N2. The molecule has 2 nitrogen and oxygen atoms in total. The molecule has 0 spiro atoms. The van der Waals surface area contributed by atoms with Crippen molar-refractivity contribution < 1.29 is 0 Å². The minimum atomic E-state index is 1.02. The number of nitrogens with zero attached hydrogens (tertiary/aromatic N) is 2. The lowest BCUT2D eigenvalue weighted by atomic mass is 10.5. The first-order chi connectivity index (χ1) is 4.41. The predicted molar refractivity (Wildman–Crippen MR) is 42.1 cm³/mol. The summed E-state index contributed by atoms with van der Waals surface area (Å²) >= 11 is 0. The highest BCUT2D eigenvalue weighted by molar-refractivity contribution is 5.70. The van der Waals surface area contributed by atoms with Gasteiger partial charge in [-0.3, -0.25) is 0 Å². The lowest BCUT2D eigenvalue weighted by Gasteiger charge is -1.73. The third-order valence-electron chi connectivity index (χ3n) is 0.710. The van der Waals surface area contributed by atoms with Gasteiger partial charge in [0.2, 0.25) is 0 Å². The summed E-state index contributed by atoms with van der Waals surface area (Å²) in [5.41, 5.74) is 0. The van der Waals surface area contributed by atoms with Gasteiger partial charge in [-0.05, 0) is 13.3 Å². The van der Waals surface area contributed by atoms with E-state index < -0.39 is 0 Å². The normalized spacial score (nSPS) is 12.7. The summed E-state index contributed by atoms with van der Waals surface area (Å²) in [6, 6.07) is 0. The maximum atomic E-state index is 3.85. The summed E-state index contributed by atoms with van der Waals surface area (Å²) in [5.74, 6) is 0. The molecular weight excluding hydrogens is 112 g/mol. The predicted octanol–water partition coefficient (Wildman–Crippen LogP) is 2.03. The molecule has 0 aromatic heterocycles. The molecule has 9 heavy (non-hydrogen) atoms. The minimum Gasteiger partial charge on any atom is -0.250 e. The van der Waals surface area contributed by atoms with Gasteiger partial charge < -0.3 is 0 Å². The third-order valence-corrected chi connectivity index (χ3v) is 0.710. The Morgan fingerprint density at radius 3 is 2.67 bits per heavy atom. The third kappa shape index (κ3) is 7.08. The average molecular weight is 124 g/mol. The van der Waals surface area contributed by atoms with E-state index in [4.69, 9.17) is 0 Å². The minimum absolute atomic E-state index is 1.02. The van der Waals surface area contributed by atoms with Gasteiger partial charge in [-0.1, -0.05) is 13.0 Å². The quantitative estimate of drug-likeness (QED) is 0.406. The van der Waals surface area contributed by atoms with Gasteiger partial charge in [0.1, 0.15) is 6.34 Å². The number of allylic oxidation sites excluding steroid dienone is 1. The van der Waals surface area contributed by atoms with Gasteiger partial charge >= 0.3 is 0 Å². The molecule has 0 N–H and O–H groups in total. The van der Waals surface area contributed by atoms with E-state index >= 15 is 0 Å². The molecule has 2 heteroatoms. The van der Waals surface area contributed by atoms with E-state index in [1.807, 2.05) is 13.0 Å². The molecule has 0 fully saturated rings. The van der Waals surface area contributed by atoms with Gasteiger partial charge in [0, 0.05) is 12.4 Å². The topological polar surface area (TPSA) is 24.7 Å². The summed E-state index contributed by atoms with van der Waals surface area (Å²) in [6.45, 7) is 3.92. The highest BCUT2D eigenvalue weighted by atomic mass is 14.8. The summed E-state index contributed by atoms with van der Waals surface area (Å²) in [4.78, 5) is 7.62. The molecule has 0 rings (SSSR count). The summed E-state index contributed by atoms with van der Waals surface area (Å²) in [5, 5.41) is 0. The number of rotatable bonds is 3. The van der Waals surface area contributed by atoms with Crippen LogP contribution < -0.4 is 0 Å². The van der Waals surface area contributed by atoms with Crippen molar-refractivity contribution in [2.75, 3.05) is 0 Å². The van der Waals surface area contributed by atoms with E-state index in [-0.39, 0.29) is 0 Å². The second-order valence-corrected chi connectivity index (χ2v) is 1.46. The Morgan fingerprint density at radius 1 is 1.33 bits per heavy atom. The van der Waals surface area contributed by atoms with Gasteiger partial charge in [-0.25, -0.2) is 9.98 Å². The molecule has 0 aromatic carbocycles. The first-order valence-electron chi connectivity index (χ1n) is 3.06. The zero-order chi connectivity index (χ0) is 6.95. The van der Waals surface area contributed by atoms with Gasteiger partial charge in [0.25, 0.3) is 0 Å². The molecule has 0 heterocycles. The van der Waals surface area contributed by atoms with Crippen molar-refractivity contribution in [1.82, 2.24) is 0 Å². The zero-order valence-electron chi connectivity index (χ0n) is 5.91. The van der Waals surface area contributed by atoms with Crippen LogP contribution in [0.1, 0.15) is 20.3 Å². The van der Waals surface area contributed by atoms with Crippen molar-refractivity contribution in [2.45, 2.75) is 20.3 Å². The SMILES string of the molecule is C\C=N/C=N\C=C\CC. The van der Waals surface area contributed by atoms with E-state index in [0.29, 0.717) is 0 Å². The lowest BCUT2D eigenvalue weighted by molar-refractivity contribution is 1.21. The summed E-state index contributed by atoms with van der Waals surface area (Å²) < 4.78 is 0. The molecule has 0 aliphatic carbocycles. The molecule has 0 atom stereocenters. The van der Waals surface area contributed by atoms with Crippen LogP contribution in [0.15, 0.2) is 22.3 Å². The van der Waals surface area contributed by atoms with Crippen LogP contribution in [0.4, 0.5) is 0 Å². The molecule has 0 amide bonds. The van der Waals surface area contributed by atoms with E-state index in [1.165, 1.54) is 6.34 Å². The Labute approximate surface area is 56.0 Å². The van der Waals surface area contributed by atoms with Crippen LogP contribution in [0.2, 0.25) is 0 Å². The molecule has 0 aliphatic heterocycles. The van der Waals surface area contributed by atoms with Gasteiger partial charge in [0.15, 0.2) is 0 Å². The fourth-order valence-electron chi connectivity index (χ4n) is 0.310. The Hall–Kier alpha value is -0.920. The number of aliphatic imine (C=N–C) groups is 2. The summed E-state index contributed by atoms with van der Waals surface area (Å²) in [7, 11) is 0. The first-order valence-corrected chi connectivity index (χ1v) is 3.06. The average Bonchev–Trinajstić information content (AvgIpc) is 1.89. The molecule has 0 bridgehead atoms. The van der Waals surface area contributed by atoms with Gasteiger partial charge in [-0.15, -0.1) is 0 Å². The van der Waals surface area contributed by atoms with Crippen LogP contribution in [0, 0.1) is 0 Å². The van der Waals surface area contributed by atoms with Crippen molar-refractivity contribution in [3.63, 3.8) is 0 Å². The van der Waals surface area contributed by atoms with E-state index in [0.717, 1.165) is 6.42 Å². The van der Waals surface area contributed by atoms with E-state index in [2.05, 4.69) is 16.9 Å². The van der Waals surface area contributed by atoms with Crippen molar-refractivity contribution >= 4 is 12.6 Å². The van der Waals surface area contributed by atoms with Crippen molar-refractivity contribution in [2.24, 2.45) is 9.98 Å². The molecule has 0 aliphatic rings. The standard InChI is InChI=1S/C7H12N2/c1-3-5-6-9-7-8-4-2/h4-7H,3H2,1-2H3/b6-5+,8-4-,9-7-. The smallest absolute Gasteiger partial charge is 0.114 e. The van der Waals surface area contributed by atoms with Crippen LogP contribution >= 0.6 is 0 Å². The zero-order valence-corrected chi connectivity index (χ0v) is 5.91. The van der Waals surface area contributed by atoms with Crippen molar-refractivity contribution in [1.29, 1.82) is 0 Å². The highest BCUT2D eigenvalue weighted by Crippen LogP contribution is 1.78. The molecule has 0 saturated heterocycles. The van der Waals surface area contributed by atoms with Gasteiger partial charge in [0.05, 0.1) is 0 Å². The molecule has 0 saturated carbocycles. The molecule has 0 unspecified atom stereocenters. The Morgan fingerprint density at radius 2 is 2.11 bits per heavy atom. The fraction of sp³-hybridized carbons (Fsp3) is 0.429. The van der Waals surface area contributed by atoms with Crippen molar-refractivity contribution in [3.8, 4) is 0 Å². The monoisotopic (exact) mass is 124 g/mol. The van der Waals surface area contributed by atoms with Crippen LogP contribution in [0.5, 0.6) is 0 Å². The maximum Gasteiger partial charge on any atom is 0.114 e. The van der Waals surface area contributed by atoms with Crippen LogP contribution in [0.3, 0.4) is 0 Å². The number of hydrogen-bond donors (Lipinski definition) is 0. The largest absolute Gasteiger partial charge is 0.250 e.